The van der Waals surface area contributed by atoms with Gasteiger partial charge in [-0.3, -0.25) is 4.79 Å². The van der Waals surface area contributed by atoms with Crippen LogP contribution in [0.4, 0.5) is 0 Å². The summed E-state index contributed by atoms with van der Waals surface area (Å²) in [6.45, 7) is 3.80. The topological polar surface area (TPSA) is 76.4 Å². The summed E-state index contributed by atoms with van der Waals surface area (Å²) in [5.74, 6) is 0.0930. The molecular formula is C16H21N3O3. The molecule has 0 aliphatic heterocycles. The number of ether oxygens (including phenoxy) is 1. The Balaban J connectivity index is 2.09. The zero-order valence-corrected chi connectivity index (χ0v) is 13.3. The maximum Gasteiger partial charge on any atom is 0.258 e. The number of benzene rings is 1. The van der Waals surface area contributed by atoms with Crippen molar-refractivity contribution in [3.8, 4) is 5.88 Å². The molecule has 0 radical (unpaired) electrons. The number of aromatic nitrogens is 2. The number of hydrogen-bond donors (Lipinski definition) is 2. The van der Waals surface area contributed by atoms with Crippen LogP contribution in [0, 0.1) is 13.8 Å². The lowest BCUT2D eigenvalue weighted by molar-refractivity contribution is 0.0912. The van der Waals surface area contributed by atoms with Gasteiger partial charge in [0.1, 0.15) is 5.56 Å². The summed E-state index contributed by atoms with van der Waals surface area (Å²) in [6.07, 6.45) is -0.756. The molecule has 0 saturated heterocycles. The van der Waals surface area contributed by atoms with Gasteiger partial charge in [-0.05, 0) is 25.0 Å². The van der Waals surface area contributed by atoms with Crippen molar-refractivity contribution in [3.05, 3.63) is 46.6 Å². The molecule has 0 spiro atoms. The van der Waals surface area contributed by atoms with Gasteiger partial charge >= 0.3 is 0 Å². The van der Waals surface area contributed by atoms with E-state index < -0.39 is 6.10 Å². The predicted octanol–water partition coefficient (Wildman–Crippen LogP) is 1.51. The minimum Gasteiger partial charge on any atom is -0.481 e. The lowest BCUT2D eigenvalue weighted by atomic mass is 10.0. The van der Waals surface area contributed by atoms with Crippen molar-refractivity contribution in [2.75, 3.05) is 13.7 Å². The van der Waals surface area contributed by atoms with Gasteiger partial charge in [-0.15, -0.1) is 0 Å². The molecule has 2 rings (SSSR count). The Morgan fingerprint density at radius 1 is 1.41 bits per heavy atom. The molecule has 1 aromatic carbocycles. The second-order valence-corrected chi connectivity index (χ2v) is 5.18. The third kappa shape index (κ3) is 3.12. The zero-order valence-electron chi connectivity index (χ0n) is 13.3. The van der Waals surface area contributed by atoms with Crippen LogP contribution in [0.5, 0.6) is 5.88 Å². The molecule has 6 nitrogen and oxygen atoms in total. The summed E-state index contributed by atoms with van der Waals surface area (Å²) in [5, 5.41) is 17.1. The van der Waals surface area contributed by atoms with Crippen LogP contribution in [0.1, 0.15) is 33.3 Å². The molecule has 0 saturated carbocycles. The van der Waals surface area contributed by atoms with Gasteiger partial charge in [0.05, 0.1) is 18.9 Å². The van der Waals surface area contributed by atoms with Crippen molar-refractivity contribution < 1.29 is 14.6 Å². The quantitative estimate of drug-likeness (QED) is 0.878. The van der Waals surface area contributed by atoms with Crippen molar-refractivity contribution in [3.63, 3.8) is 0 Å². The fraction of sp³-hybridized carbons (Fsp3) is 0.375. The lowest BCUT2D eigenvalue weighted by Gasteiger charge is -2.14. The smallest absolute Gasteiger partial charge is 0.258 e. The molecule has 0 aliphatic carbocycles. The van der Waals surface area contributed by atoms with Crippen molar-refractivity contribution >= 4 is 5.91 Å². The summed E-state index contributed by atoms with van der Waals surface area (Å²) < 4.78 is 6.72. The van der Waals surface area contributed by atoms with Gasteiger partial charge in [-0.2, -0.15) is 5.10 Å². The van der Waals surface area contributed by atoms with E-state index in [-0.39, 0.29) is 12.5 Å². The van der Waals surface area contributed by atoms with E-state index in [1.54, 1.807) is 14.0 Å². The van der Waals surface area contributed by atoms with Crippen molar-refractivity contribution in [1.82, 2.24) is 15.1 Å². The first kappa shape index (κ1) is 16.0. The first-order valence-electron chi connectivity index (χ1n) is 7.05. The molecule has 1 heterocycles. The van der Waals surface area contributed by atoms with E-state index in [0.29, 0.717) is 17.1 Å². The molecule has 1 atom stereocenters. The Morgan fingerprint density at radius 3 is 2.73 bits per heavy atom. The number of carbonyl (C=O) groups is 1. The summed E-state index contributed by atoms with van der Waals surface area (Å²) in [7, 11) is 3.21. The first-order valence-corrected chi connectivity index (χ1v) is 7.05. The van der Waals surface area contributed by atoms with E-state index in [4.69, 9.17) is 4.74 Å². The average molecular weight is 303 g/mol. The number of aliphatic hydroxyl groups excluding tert-OH is 1. The van der Waals surface area contributed by atoms with E-state index in [2.05, 4.69) is 10.4 Å². The summed E-state index contributed by atoms with van der Waals surface area (Å²) in [5.41, 5.74) is 2.77. The predicted molar refractivity (Wildman–Crippen MR) is 83.0 cm³/mol. The number of nitrogens with zero attached hydrogens (tertiary/aromatic N) is 2. The highest BCUT2D eigenvalue weighted by Crippen LogP contribution is 2.21. The van der Waals surface area contributed by atoms with Crippen molar-refractivity contribution in [1.29, 1.82) is 0 Å². The minimum absolute atomic E-state index is 0.126. The monoisotopic (exact) mass is 303 g/mol. The molecule has 6 heteroatoms. The molecular weight excluding hydrogens is 282 g/mol. The molecule has 1 amide bonds. The highest BCUT2D eigenvalue weighted by atomic mass is 16.5. The summed E-state index contributed by atoms with van der Waals surface area (Å²) in [4.78, 5) is 12.3. The maximum atomic E-state index is 12.3. The number of hydrogen-bond acceptors (Lipinski definition) is 4. The second kappa shape index (κ2) is 6.62. The van der Waals surface area contributed by atoms with Crippen LogP contribution < -0.4 is 10.1 Å². The Labute approximate surface area is 129 Å². The number of nitrogens with one attached hydrogen (secondary N) is 1. The van der Waals surface area contributed by atoms with E-state index in [1.165, 1.54) is 11.8 Å². The van der Waals surface area contributed by atoms with Crippen LogP contribution in [0.2, 0.25) is 0 Å². The fourth-order valence-electron chi connectivity index (χ4n) is 2.48. The van der Waals surface area contributed by atoms with Gasteiger partial charge in [-0.25, -0.2) is 4.68 Å². The van der Waals surface area contributed by atoms with Crippen molar-refractivity contribution in [2.24, 2.45) is 7.05 Å². The zero-order chi connectivity index (χ0) is 16.3. The third-order valence-electron chi connectivity index (χ3n) is 3.59. The molecule has 0 fully saturated rings. The first-order chi connectivity index (χ1) is 10.5. The molecule has 2 aromatic rings. The number of aryl methyl sites for hydroxylation is 3. The van der Waals surface area contributed by atoms with Gasteiger partial charge in [0, 0.05) is 13.6 Å². The maximum absolute atomic E-state index is 12.3. The number of methoxy groups -OCH3 is 1. The molecule has 1 aromatic heterocycles. The Morgan fingerprint density at radius 2 is 2.09 bits per heavy atom. The van der Waals surface area contributed by atoms with Crippen LogP contribution in [0.3, 0.4) is 0 Å². The molecule has 118 valence electrons. The highest BCUT2D eigenvalue weighted by Gasteiger charge is 2.22. The Bertz CT molecular complexity index is 679. The van der Waals surface area contributed by atoms with Crippen LogP contribution in [0.25, 0.3) is 0 Å². The van der Waals surface area contributed by atoms with Gasteiger partial charge < -0.3 is 15.2 Å². The fourth-order valence-corrected chi connectivity index (χ4v) is 2.48. The third-order valence-corrected chi connectivity index (χ3v) is 3.59. The van der Waals surface area contributed by atoms with Gasteiger partial charge in [-0.1, -0.05) is 24.3 Å². The van der Waals surface area contributed by atoms with E-state index in [9.17, 15) is 9.90 Å². The number of rotatable bonds is 5. The Kier molecular flexibility index (Phi) is 4.82. The Hall–Kier alpha value is -2.34. The number of carbonyl (C=O) groups excluding carboxylic acids is 1. The molecule has 0 aliphatic rings. The van der Waals surface area contributed by atoms with Crippen LogP contribution in [-0.2, 0) is 7.05 Å². The van der Waals surface area contributed by atoms with Crippen LogP contribution >= 0.6 is 0 Å². The standard InChI is InChI=1S/C16H21N3O3/c1-10-7-5-6-8-12(10)13(20)9-17-15(21)14-11(2)18-19(3)16(14)22-4/h5-8,13,20H,9H2,1-4H3,(H,17,21). The van der Waals surface area contributed by atoms with Crippen LogP contribution in [-0.4, -0.2) is 34.4 Å². The van der Waals surface area contributed by atoms with E-state index >= 15 is 0 Å². The molecule has 22 heavy (non-hydrogen) atoms. The summed E-state index contributed by atoms with van der Waals surface area (Å²) in [6, 6.07) is 7.55. The lowest BCUT2D eigenvalue weighted by Crippen LogP contribution is -2.29. The van der Waals surface area contributed by atoms with Gasteiger partial charge in [0.15, 0.2) is 0 Å². The minimum atomic E-state index is -0.756. The number of amides is 1. The molecule has 0 bridgehead atoms. The van der Waals surface area contributed by atoms with Crippen LogP contribution in [0.15, 0.2) is 24.3 Å². The van der Waals surface area contributed by atoms with Gasteiger partial charge in [0.2, 0.25) is 5.88 Å². The van der Waals surface area contributed by atoms with Gasteiger partial charge in [0.25, 0.3) is 5.91 Å². The van der Waals surface area contributed by atoms with Crippen molar-refractivity contribution in [2.45, 2.75) is 20.0 Å². The summed E-state index contributed by atoms with van der Waals surface area (Å²) >= 11 is 0. The molecule has 1 unspecified atom stereocenters. The highest BCUT2D eigenvalue weighted by molar-refractivity contribution is 5.97. The average Bonchev–Trinajstić information content (AvgIpc) is 2.78. The normalized spacial score (nSPS) is 12.0. The van der Waals surface area contributed by atoms with E-state index in [1.807, 2.05) is 31.2 Å². The SMILES string of the molecule is COc1c(C(=O)NCC(O)c2ccccc2C)c(C)nn1C. The van der Waals surface area contributed by atoms with E-state index in [0.717, 1.165) is 11.1 Å². The second-order valence-electron chi connectivity index (χ2n) is 5.18. The number of aliphatic hydroxyl groups is 1. The molecule has 2 N–H and O–H groups in total. The largest absolute Gasteiger partial charge is 0.481 e.